The summed E-state index contributed by atoms with van der Waals surface area (Å²) in [5.74, 6) is -1.87. The van der Waals surface area contributed by atoms with Crippen molar-refractivity contribution in [1.29, 1.82) is 0 Å². The molecule has 0 saturated heterocycles. The second-order valence-electron chi connectivity index (χ2n) is 3.54. The van der Waals surface area contributed by atoms with Gasteiger partial charge in [-0.15, -0.1) is 0 Å². The van der Waals surface area contributed by atoms with Crippen molar-refractivity contribution >= 4 is 28.0 Å². The molecule has 1 N–H and O–H groups in total. The van der Waals surface area contributed by atoms with Crippen LogP contribution in [0.25, 0.3) is 0 Å². The highest BCUT2D eigenvalue weighted by atomic mass is 32.1. The third-order valence-corrected chi connectivity index (χ3v) is 3.09. The van der Waals surface area contributed by atoms with Crippen LogP contribution < -0.4 is 4.74 Å². The molecule has 1 aromatic carbocycles. The van der Waals surface area contributed by atoms with Crippen molar-refractivity contribution in [3.05, 3.63) is 50.2 Å². The lowest BCUT2D eigenvalue weighted by atomic mass is 10.1. The van der Waals surface area contributed by atoms with E-state index in [-0.39, 0.29) is 15.9 Å². The average Bonchev–Trinajstić information content (AvgIpc) is 2.86. The van der Waals surface area contributed by atoms with Crippen molar-refractivity contribution in [2.45, 2.75) is 0 Å². The zero-order chi connectivity index (χ0) is 15.6. The highest BCUT2D eigenvalue weighted by molar-refractivity contribution is 7.16. The number of nitro groups is 2. The molecule has 21 heavy (non-hydrogen) atoms. The molecule has 0 aliphatic rings. The molecule has 1 aromatic heterocycles. The molecule has 1 heterocycles. The van der Waals surface area contributed by atoms with Crippen LogP contribution in [-0.4, -0.2) is 25.9 Å². The number of hydrogen-bond acceptors (Lipinski definition) is 8. The first-order chi connectivity index (χ1) is 9.90. The number of hydrogen-bond donors (Lipinski definition) is 1. The minimum absolute atomic E-state index is 0.190. The normalized spacial score (nSPS) is 10.1. The van der Waals surface area contributed by atoms with E-state index in [0.29, 0.717) is 11.3 Å². The Morgan fingerprint density at radius 2 is 2.00 bits per heavy atom. The van der Waals surface area contributed by atoms with Crippen molar-refractivity contribution in [3.8, 4) is 10.9 Å². The summed E-state index contributed by atoms with van der Waals surface area (Å²) in [6, 6.07) is 3.45. The Labute approximate surface area is 119 Å². The zero-order valence-corrected chi connectivity index (χ0v) is 10.8. The Hall–Kier alpha value is -3.08. The molecule has 0 amide bonds. The van der Waals surface area contributed by atoms with E-state index in [9.17, 15) is 25.0 Å². The predicted molar refractivity (Wildman–Crippen MR) is 68.9 cm³/mol. The first-order valence-corrected chi connectivity index (χ1v) is 6.00. The number of carboxylic acid groups (broad SMARTS) is 1. The van der Waals surface area contributed by atoms with Crippen molar-refractivity contribution in [1.82, 2.24) is 4.98 Å². The van der Waals surface area contributed by atoms with Crippen molar-refractivity contribution < 1.29 is 24.5 Å². The fourth-order valence-corrected chi connectivity index (χ4v) is 2.04. The summed E-state index contributed by atoms with van der Waals surface area (Å²) >= 11 is 0.575. The van der Waals surface area contributed by atoms with Crippen LogP contribution in [0.5, 0.6) is 10.9 Å². The molecule has 0 unspecified atom stereocenters. The van der Waals surface area contributed by atoms with E-state index in [1.165, 1.54) is 12.1 Å². The Morgan fingerprint density at radius 1 is 1.29 bits per heavy atom. The van der Waals surface area contributed by atoms with Crippen LogP contribution in [0, 0.1) is 20.2 Å². The van der Waals surface area contributed by atoms with Gasteiger partial charge < -0.3 is 9.84 Å². The number of aromatic nitrogens is 1. The third kappa shape index (κ3) is 2.92. The van der Waals surface area contributed by atoms with Gasteiger partial charge in [0.15, 0.2) is 11.3 Å². The minimum atomic E-state index is -1.55. The highest BCUT2D eigenvalue weighted by Crippen LogP contribution is 2.35. The quantitative estimate of drug-likeness (QED) is 0.654. The van der Waals surface area contributed by atoms with Gasteiger partial charge in [-0.2, -0.15) is 0 Å². The number of ether oxygens (including phenoxy) is 1. The van der Waals surface area contributed by atoms with E-state index >= 15 is 0 Å². The molecule has 108 valence electrons. The molecule has 0 fully saturated rings. The van der Waals surface area contributed by atoms with Gasteiger partial charge in [-0.3, -0.25) is 20.2 Å². The standard InChI is InChI=1S/C10H5N3O7S/c14-9(15)8-5(12(16)17)2-1-3-6(8)20-10-11-4-7(21-10)13(18)19/h1-4H,(H,14,15). The fraction of sp³-hybridized carbons (Fsp3) is 0. The number of nitrogens with zero attached hydrogens (tertiary/aromatic N) is 3. The first kappa shape index (κ1) is 14.3. The van der Waals surface area contributed by atoms with Crippen LogP contribution in [0.2, 0.25) is 0 Å². The molecule has 0 spiro atoms. The van der Waals surface area contributed by atoms with E-state index in [1.807, 2.05) is 0 Å². The number of carboxylic acids is 1. The SMILES string of the molecule is O=C(O)c1c(Oc2ncc([N+](=O)[O-])s2)cccc1[N+](=O)[O-]. The second kappa shape index (κ2) is 5.50. The minimum Gasteiger partial charge on any atom is -0.477 e. The number of rotatable bonds is 5. The molecular formula is C10H5N3O7S. The van der Waals surface area contributed by atoms with Gasteiger partial charge in [0, 0.05) is 6.07 Å². The molecule has 0 bridgehead atoms. The molecule has 0 aliphatic carbocycles. The number of thiazole rings is 1. The topological polar surface area (TPSA) is 146 Å². The summed E-state index contributed by atoms with van der Waals surface area (Å²) in [6.07, 6.45) is 0.942. The molecule has 2 rings (SSSR count). The van der Waals surface area contributed by atoms with Crippen LogP contribution in [0.3, 0.4) is 0 Å². The molecular weight excluding hydrogens is 306 g/mol. The summed E-state index contributed by atoms with van der Waals surface area (Å²) in [7, 11) is 0. The van der Waals surface area contributed by atoms with Crippen molar-refractivity contribution in [2.24, 2.45) is 0 Å². The number of nitro benzene ring substituents is 1. The number of benzene rings is 1. The lowest BCUT2D eigenvalue weighted by molar-refractivity contribution is -0.385. The van der Waals surface area contributed by atoms with E-state index < -0.39 is 27.1 Å². The fourth-order valence-electron chi connectivity index (χ4n) is 1.45. The van der Waals surface area contributed by atoms with E-state index in [2.05, 4.69) is 4.98 Å². The van der Waals surface area contributed by atoms with E-state index in [1.54, 1.807) is 0 Å². The summed E-state index contributed by atoms with van der Waals surface area (Å²) in [6.45, 7) is 0. The van der Waals surface area contributed by atoms with E-state index in [0.717, 1.165) is 12.3 Å². The second-order valence-corrected chi connectivity index (χ2v) is 4.51. The maximum absolute atomic E-state index is 11.1. The lowest BCUT2D eigenvalue weighted by Gasteiger charge is -2.05. The van der Waals surface area contributed by atoms with Crippen LogP contribution in [-0.2, 0) is 0 Å². The van der Waals surface area contributed by atoms with Gasteiger partial charge in [0.05, 0.1) is 9.85 Å². The Bertz CT molecular complexity index is 742. The maximum Gasteiger partial charge on any atom is 0.347 e. The lowest BCUT2D eigenvalue weighted by Crippen LogP contribution is -2.05. The maximum atomic E-state index is 11.1. The number of carbonyl (C=O) groups is 1. The summed E-state index contributed by atoms with van der Waals surface area (Å²) < 4.78 is 5.11. The third-order valence-electron chi connectivity index (χ3n) is 2.26. The van der Waals surface area contributed by atoms with Gasteiger partial charge in [0.25, 0.3) is 10.9 Å². The highest BCUT2D eigenvalue weighted by Gasteiger charge is 2.26. The Balaban J connectivity index is 2.43. The predicted octanol–water partition coefficient (Wildman–Crippen LogP) is 2.45. The zero-order valence-electron chi connectivity index (χ0n) is 9.96. The number of aromatic carboxylic acids is 1. The van der Waals surface area contributed by atoms with Gasteiger partial charge in [-0.05, 0) is 17.4 Å². The summed E-state index contributed by atoms with van der Waals surface area (Å²) in [5.41, 5.74) is -1.30. The molecule has 2 aromatic rings. The van der Waals surface area contributed by atoms with Gasteiger partial charge in [0.1, 0.15) is 6.20 Å². The first-order valence-electron chi connectivity index (χ1n) is 5.19. The Kier molecular flexibility index (Phi) is 3.75. The molecule has 0 atom stereocenters. The van der Waals surface area contributed by atoms with Gasteiger partial charge in [-0.1, -0.05) is 6.07 Å². The van der Waals surface area contributed by atoms with Crippen LogP contribution in [0.1, 0.15) is 10.4 Å². The molecule has 0 radical (unpaired) electrons. The largest absolute Gasteiger partial charge is 0.477 e. The van der Waals surface area contributed by atoms with E-state index in [4.69, 9.17) is 9.84 Å². The molecule has 10 nitrogen and oxygen atoms in total. The summed E-state index contributed by atoms with van der Waals surface area (Å²) in [4.78, 5) is 34.5. The summed E-state index contributed by atoms with van der Waals surface area (Å²) in [5, 5.41) is 29.9. The van der Waals surface area contributed by atoms with Crippen LogP contribution >= 0.6 is 11.3 Å². The van der Waals surface area contributed by atoms with Gasteiger partial charge in [-0.25, -0.2) is 9.78 Å². The van der Waals surface area contributed by atoms with Gasteiger partial charge >= 0.3 is 11.0 Å². The van der Waals surface area contributed by atoms with Crippen LogP contribution in [0.15, 0.2) is 24.4 Å². The molecule has 0 aliphatic heterocycles. The van der Waals surface area contributed by atoms with Crippen molar-refractivity contribution in [3.63, 3.8) is 0 Å². The molecule has 11 heteroatoms. The molecule has 0 saturated carbocycles. The monoisotopic (exact) mass is 311 g/mol. The van der Waals surface area contributed by atoms with Crippen molar-refractivity contribution in [2.75, 3.05) is 0 Å². The van der Waals surface area contributed by atoms with Crippen LogP contribution in [0.4, 0.5) is 10.7 Å². The smallest absolute Gasteiger partial charge is 0.347 e. The average molecular weight is 311 g/mol. The van der Waals surface area contributed by atoms with Gasteiger partial charge in [0.2, 0.25) is 0 Å². The Morgan fingerprint density at radius 3 is 2.52 bits per heavy atom.